The van der Waals surface area contributed by atoms with Gasteiger partial charge in [-0.25, -0.2) is 4.79 Å². The van der Waals surface area contributed by atoms with Crippen molar-refractivity contribution in [1.29, 1.82) is 0 Å². The van der Waals surface area contributed by atoms with E-state index in [0.29, 0.717) is 0 Å². The molecule has 1 aliphatic heterocycles. The fraction of sp³-hybridized carbons (Fsp3) is 0.438. The zero-order chi connectivity index (χ0) is 18.4. The van der Waals surface area contributed by atoms with Crippen LogP contribution in [0.25, 0.3) is 0 Å². The highest BCUT2D eigenvalue weighted by molar-refractivity contribution is 14.1. The Kier molecular flexibility index (Phi) is 4.84. The maximum absolute atomic E-state index is 12.3. The number of carbonyl (C=O) groups excluding carboxylic acids is 1. The van der Waals surface area contributed by atoms with Crippen molar-refractivity contribution in [2.45, 2.75) is 44.1 Å². The number of ether oxygens (including phenoxy) is 3. The van der Waals surface area contributed by atoms with Crippen LogP contribution in [0.2, 0.25) is 0 Å². The molecule has 0 amide bonds. The van der Waals surface area contributed by atoms with E-state index in [-0.39, 0.29) is 11.3 Å². The van der Waals surface area contributed by atoms with E-state index in [1.54, 1.807) is 19.9 Å². The van der Waals surface area contributed by atoms with Crippen LogP contribution >= 0.6 is 22.6 Å². The van der Waals surface area contributed by atoms with Gasteiger partial charge in [0.25, 0.3) is 5.69 Å². The van der Waals surface area contributed by atoms with Gasteiger partial charge in [0, 0.05) is 15.7 Å². The highest BCUT2D eigenvalue weighted by atomic mass is 127. The van der Waals surface area contributed by atoms with Crippen LogP contribution in [0.5, 0.6) is 0 Å². The zero-order valence-electron chi connectivity index (χ0n) is 13.4. The van der Waals surface area contributed by atoms with Crippen LogP contribution in [0.4, 0.5) is 5.69 Å². The van der Waals surface area contributed by atoms with E-state index in [1.807, 2.05) is 0 Å². The van der Waals surface area contributed by atoms with Crippen LogP contribution in [0.15, 0.2) is 33.9 Å². The Bertz CT molecular complexity index is 731. The summed E-state index contributed by atoms with van der Waals surface area (Å²) in [5.41, 5.74) is 0.0394. The highest BCUT2D eigenvalue weighted by Crippen LogP contribution is 2.40. The number of carbonyl (C=O) groups is 1. The lowest BCUT2D eigenvalue weighted by atomic mass is 9.96. The summed E-state index contributed by atoms with van der Waals surface area (Å²) in [4.78, 5) is 22.4. The van der Waals surface area contributed by atoms with Crippen molar-refractivity contribution in [3.63, 3.8) is 0 Å². The van der Waals surface area contributed by atoms with Crippen LogP contribution in [-0.4, -0.2) is 46.2 Å². The Labute approximate surface area is 157 Å². The molecule has 0 aromatic heterocycles. The lowest BCUT2D eigenvalue weighted by molar-refractivity contribution is -0.384. The minimum absolute atomic E-state index is 0.120. The van der Waals surface area contributed by atoms with Gasteiger partial charge in [-0.05, 0) is 54.6 Å². The third kappa shape index (κ3) is 3.68. The highest BCUT2D eigenvalue weighted by Gasteiger charge is 2.51. The molecule has 1 aromatic carbocycles. The average molecular weight is 461 g/mol. The van der Waals surface area contributed by atoms with Crippen LogP contribution in [0.3, 0.4) is 0 Å². The fourth-order valence-electron chi connectivity index (χ4n) is 2.80. The van der Waals surface area contributed by atoms with Gasteiger partial charge in [-0.3, -0.25) is 10.1 Å². The van der Waals surface area contributed by atoms with Gasteiger partial charge >= 0.3 is 5.97 Å². The Morgan fingerprint density at radius 3 is 2.56 bits per heavy atom. The Morgan fingerprint density at radius 1 is 1.32 bits per heavy atom. The number of aliphatic hydroxyl groups excluding tert-OH is 1. The third-order valence-corrected chi connectivity index (χ3v) is 4.93. The van der Waals surface area contributed by atoms with E-state index >= 15 is 0 Å². The molecular weight excluding hydrogens is 445 g/mol. The van der Waals surface area contributed by atoms with E-state index in [1.165, 1.54) is 24.3 Å². The second kappa shape index (κ2) is 6.63. The molecule has 1 fully saturated rings. The molecule has 2 aliphatic rings. The smallest absolute Gasteiger partial charge is 0.338 e. The van der Waals surface area contributed by atoms with Crippen molar-refractivity contribution in [3.05, 3.63) is 49.6 Å². The molecule has 8 nitrogen and oxygen atoms in total. The molecule has 1 N–H and O–H groups in total. The summed E-state index contributed by atoms with van der Waals surface area (Å²) in [6.45, 7) is 3.50. The lowest BCUT2D eigenvalue weighted by Gasteiger charge is -2.31. The molecule has 1 saturated heterocycles. The molecule has 4 atom stereocenters. The average Bonchev–Trinajstić information content (AvgIpc) is 2.89. The summed E-state index contributed by atoms with van der Waals surface area (Å²) in [5.74, 6) is -1.52. The second-order valence-electron chi connectivity index (χ2n) is 6.24. The molecule has 0 radical (unpaired) electrons. The van der Waals surface area contributed by atoms with Crippen molar-refractivity contribution < 1.29 is 29.0 Å². The van der Waals surface area contributed by atoms with Gasteiger partial charge < -0.3 is 19.3 Å². The summed E-state index contributed by atoms with van der Waals surface area (Å²) in [7, 11) is 0. The summed E-state index contributed by atoms with van der Waals surface area (Å²) in [6.07, 6.45) is -1.39. The van der Waals surface area contributed by atoms with E-state index in [0.717, 1.165) is 3.58 Å². The number of hydrogen-bond acceptors (Lipinski definition) is 7. The monoisotopic (exact) mass is 461 g/mol. The predicted molar refractivity (Wildman–Crippen MR) is 94.2 cm³/mol. The number of nitro benzene ring substituents is 1. The summed E-state index contributed by atoms with van der Waals surface area (Å²) < 4.78 is 17.6. The number of non-ortho nitro benzene ring substituents is 1. The lowest BCUT2D eigenvalue weighted by Crippen LogP contribution is -2.47. The van der Waals surface area contributed by atoms with Crippen LogP contribution < -0.4 is 0 Å². The molecule has 25 heavy (non-hydrogen) atoms. The SMILES string of the molecule is CC1(C)O[C@H]2[C@H](O)[C@@H](OC(=O)c3ccc([N+](=O)[O-])cc3)C=C(I)[C@H]2O1. The Morgan fingerprint density at radius 2 is 1.96 bits per heavy atom. The first-order chi connectivity index (χ1) is 11.7. The minimum atomic E-state index is -1.08. The first-order valence-corrected chi connectivity index (χ1v) is 8.62. The maximum Gasteiger partial charge on any atom is 0.338 e. The maximum atomic E-state index is 12.3. The Hall–Kier alpha value is -1.56. The number of halogens is 1. The molecule has 1 aromatic rings. The fourth-order valence-corrected chi connectivity index (χ4v) is 3.64. The first-order valence-electron chi connectivity index (χ1n) is 7.54. The van der Waals surface area contributed by atoms with Crippen molar-refractivity contribution in [3.8, 4) is 0 Å². The topological polar surface area (TPSA) is 108 Å². The molecule has 0 spiro atoms. The molecule has 134 valence electrons. The largest absolute Gasteiger partial charge is 0.452 e. The zero-order valence-corrected chi connectivity index (χ0v) is 15.6. The first kappa shape index (κ1) is 18.2. The summed E-state index contributed by atoms with van der Waals surface area (Å²) >= 11 is 2.07. The standard InChI is InChI=1S/C16H16INO7/c1-16(2)24-13-10(17)7-11(12(19)14(13)25-16)23-15(20)8-3-5-9(6-4-8)18(21)22/h3-7,11-14,19H,1-2H3/t11-,12+,13+,14-/m0/s1. The molecule has 1 heterocycles. The van der Waals surface area contributed by atoms with Crippen molar-refractivity contribution in [2.24, 2.45) is 0 Å². The second-order valence-corrected chi connectivity index (χ2v) is 7.48. The van der Waals surface area contributed by atoms with Gasteiger partial charge in [0.1, 0.15) is 24.4 Å². The van der Waals surface area contributed by atoms with Crippen LogP contribution in [0, 0.1) is 10.1 Å². The van der Waals surface area contributed by atoms with Gasteiger partial charge in [-0.15, -0.1) is 0 Å². The van der Waals surface area contributed by atoms with Crippen molar-refractivity contribution in [1.82, 2.24) is 0 Å². The molecule has 0 unspecified atom stereocenters. The number of benzene rings is 1. The molecular formula is C16H16INO7. The quantitative estimate of drug-likeness (QED) is 0.319. The third-order valence-electron chi connectivity index (χ3n) is 3.95. The number of esters is 1. The summed E-state index contributed by atoms with van der Waals surface area (Å²) in [6, 6.07) is 5.07. The number of hydrogen-bond donors (Lipinski definition) is 1. The predicted octanol–water partition coefficient (Wildman–Crippen LogP) is 2.33. The van der Waals surface area contributed by atoms with E-state index in [2.05, 4.69) is 22.6 Å². The number of fused-ring (bicyclic) bond motifs is 1. The van der Waals surface area contributed by atoms with E-state index in [4.69, 9.17) is 14.2 Å². The Balaban J connectivity index is 1.74. The van der Waals surface area contributed by atoms with Crippen molar-refractivity contribution in [2.75, 3.05) is 0 Å². The molecule has 0 saturated carbocycles. The number of rotatable bonds is 3. The molecule has 0 bridgehead atoms. The number of nitro groups is 1. The molecule has 1 aliphatic carbocycles. The van der Waals surface area contributed by atoms with E-state index < -0.39 is 41.1 Å². The van der Waals surface area contributed by atoms with Gasteiger partial charge in [0.05, 0.1) is 10.5 Å². The number of nitrogens with zero attached hydrogens (tertiary/aromatic N) is 1. The van der Waals surface area contributed by atoms with Gasteiger partial charge in [0.15, 0.2) is 5.79 Å². The van der Waals surface area contributed by atoms with E-state index in [9.17, 15) is 20.0 Å². The van der Waals surface area contributed by atoms with Crippen LogP contribution in [0.1, 0.15) is 24.2 Å². The van der Waals surface area contributed by atoms with Gasteiger partial charge in [0.2, 0.25) is 0 Å². The summed E-state index contributed by atoms with van der Waals surface area (Å²) in [5, 5.41) is 21.1. The normalized spacial score (nSPS) is 30.3. The van der Waals surface area contributed by atoms with Gasteiger partial charge in [-0.2, -0.15) is 0 Å². The van der Waals surface area contributed by atoms with Crippen LogP contribution in [-0.2, 0) is 14.2 Å². The van der Waals surface area contributed by atoms with Crippen molar-refractivity contribution >= 4 is 34.2 Å². The number of aliphatic hydroxyl groups is 1. The minimum Gasteiger partial charge on any atom is -0.452 e. The van der Waals surface area contributed by atoms with Gasteiger partial charge in [-0.1, -0.05) is 0 Å². The molecule has 9 heteroatoms. The molecule has 3 rings (SSSR count).